The van der Waals surface area contributed by atoms with Gasteiger partial charge in [-0.3, -0.25) is 24.5 Å². The van der Waals surface area contributed by atoms with Crippen molar-refractivity contribution in [3.63, 3.8) is 0 Å². The molecule has 2 amide bonds. The summed E-state index contributed by atoms with van der Waals surface area (Å²) in [5.41, 5.74) is 0.0809. The normalized spacial score (nSPS) is 14.9. The second-order valence-corrected chi connectivity index (χ2v) is 6.33. The minimum Gasteiger partial charge on any atom is -0.452 e. The molecule has 1 saturated heterocycles. The molecule has 1 aromatic rings. The van der Waals surface area contributed by atoms with E-state index in [0.717, 1.165) is 0 Å². The van der Waals surface area contributed by atoms with Gasteiger partial charge in [-0.05, 0) is 13.0 Å². The highest BCUT2D eigenvalue weighted by Gasteiger charge is 2.23. The SMILES string of the molecule is CC(OC(=O)CCN1CCSC1=O)C(=O)Nc1cccc([N+](=O)[O-])c1. The topological polar surface area (TPSA) is 119 Å². The molecule has 1 aromatic carbocycles. The van der Waals surface area contributed by atoms with Gasteiger partial charge in [0, 0.05) is 36.7 Å². The quantitative estimate of drug-likeness (QED) is 0.445. The molecule has 0 spiro atoms. The lowest BCUT2D eigenvalue weighted by atomic mass is 10.2. The van der Waals surface area contributed by atoms with E-state index in [4.69, 9.17) is 4.74 Å². The molecule has 134 valence electrons. The molecule has 0 aliphatic carbocycles. The van der Waals surface area contributed by atoms with E-state index < -0.39 is 22.9 Å². The van der Waals surface area contributed by atoms with Crippen LogP contribution in [0.2, 0.25) is 0 Å². The monoisotopic (exact) mass is 367 g/mol. The average Bonchev–Trinajstić information content (AvgIpc) is 2.98. The van der Waals surface area contributed by atoms with Crippen molar-refractivity contribution in [1.29, 1.82) is 0 Å². The largest absolute Gasteiger partial charge is 0.452 e. The average molecular weight is 367 g/mol. The first kappa shape index (κ1) is 18.7. The minimum atomic E-state index is -1.06. The van der Waals surface area contributed by atoms with Crippen molar-refractivity contribution in [3.05, 3.63) is 34.4 Å². The predicted molar refractivity (Wildman–Crippen MR) is 91.3 cm³/mol. The van der Waals surface area contributed by atoms with Crippen LogP contribution in [0, 0.1) is 10.1 Å². The van der Waals surface area contributed by atoms with Gasteiger partial charge in [-0.1, -0.05) is 17.8 Å². The van der Waals surface area contributed by atoms with Crippen LogP contribution in [0.3, 0.4) is 0 Å². The lowest BCUT2D eigenvalue weighted by Gasteiger charge is -2.16. The number of thioether (sulfide) groups is 1. The lowest BCUT2D eigenvalue weighted by Crippen LogP contribution is -2.32. The van der Waals surface area contributed by atoms with E-state index in [9.17, 15) is 24.5 Å². The van der Waals surface area contributed by atoms with E-state index in [0.29, 0.717) is 12.3 Å². The number of nitro benzene ring substituents is 1. The van der Waals surface area contributed by atoms with Crippen LogP contribution >= 0.6 is 11.8 Å². The Morgan fingerprint density at radius 3 is 2.88 bits per heavy atom. The molecule has 0 saturated carbocycles. The van der Waals surface area contributed by atoms with Crippen LogP contribution < -0.4 is 5.32 Å². The molecule has 1 heterocycles. The Bertz CT molecular complexity index is 696. The zero-order chi connectivity index (χ0) is 18.4. The number of non-ortho nitro benzene ring substituents is 1. The Hall–Kier alpha value is -2.62. The first-order chi connectivity index (χ1) is 11.9. The first-order valence-electron chi connectivity index (χ1n) is 7.53. The summed E-state index contributed by atoms with van der Waals surface area (Å²) in [7, 11) is 0. The van der Waals surface area contributed by atoms with Crippen molar-refractivity contribution in [2.45, 2.75) is 19.4 Å². The van der Waals surface area contributed by atoms with E-state index >= 15 is 0 Å². The third-order valence-electron chi connectivity index (χ3n) is 3.43. The van der Waals surface area contributed by atoms with Gasteiger partial charge in [0.15, 0.2) is 6.10 Å². The van der Waals surface area contributed by atoms with E-state index in [-0.39, 0.29) is 29.6 Å². The molecule has 1 aliphatic heterocycles. The molecular weight excluding hydrogens is 350 g/mol. The number of ether oxygens (including phenoxy) is 1. The maximum absolute atomic E-state index is 12.0. The van der Waals surface area contributed by atoms with Gasteiger partial charge in [0.1, 0.15) is 0 Å². The Balaban J connectivity index is 1.81. The van der Waals surface area contributed by atoms with Gasteiger partial charge in [0.05, 0.1) is 11.3 Å². The summed E-state index contributed by atoms with van der Waals surface area (Å²) in [5, 5.41) is 13.1. The highest BCUT2D eigenvalue weighted by molar-refractivity contribution is 8.13. The fraction of sp³-hybridized carbons (Fsp3) is 0.400. The van der Waals surface area contributed by atoms with E-state index in [2.05, 4.69) is 5.32 Å². The van der Waals surface area contributed by atoms with E-state index in [1.54, 1.807) is 4.90 Å². The fourth-order valence-electron chi connectivity index (χ4n) is 2.11. The van der Waals surface area contributed by atoms with Gasteiger partial charge in [-0.25, -0.2) is 0 Å². The van der Waals surface area contributed by atoms with Gasteiger partial charge in [0.2, 0.25) is 0 Å². The summed E-state index contributed by atoms with van der Waals surface area (Å²) < 4.78 is 5.03. The second-order valence-electron chi connectivity index (χ2n) is 5.28. The molecular formula is C15H17N3O6S. The third kappa shape index (κ3) is 5.45. The molecule has 1 atom stereocenters. The summed E-state index contributed by atoms with van der Waals surface area (Å²) in [6, 6.07) is 5.45. The van der Waals surface area contributed by atoms with Crippen LogP contribution in [0.4, 0.5) is 16.2 Å². The molecule has 1 unspecified atom stereocenters. The zero-order valence-corrected chi connectivity index (χ0v) is 14.3. The number of benzene rings is 1. The van der Waals surface area contributed by atoms with Crippen molar-refractivity contribution in [2.24, 2.45) is 0 Å². The van der Waals surface area contributed by atoms with E-state index in [1.165, 1.54) is 43.0 Å². The maximum Gasteiger partial charge on any atom is 0.308 e. The highest BCUT2D eigenvalue weighted by Crippen LogP contribution is 2.18. The second kappa shape index (κ2) is 8.47. The van der Waals surface area contributed by atoms with Crippen LogP contribution in [-0.4, -0.2) is 51.9 Å². The molecule has 1 N–H and O–H groups in total. The fourth-order valence-corrected chi connectivity index (χ4v) is 2.96. The number of nitro groups is 1. The van der Waals surface area contributed by atoms with Crippen molar-refractivity contribution in [1.82, 2.24) is 4.90 Å². The lowest BCUT2D eigenvalue weighted by molar-refractivity contribution is -0.384. The summed E-state index contributed by atoms with van der Waals surface area (Å²) in [6.45, 7) is 2.25. The van der Waals surface area contributed by atoms with Gasteiger partial charge in [0.25, 0.3) is 16.8 Å². The Morgan fingerprint density at radius 2 is 2.24 bits per heavy atom. The van der Waals surface area contributed by atoms with Crippen molar-refractivity contribution >= 4 is 40.3 Å². The molecule has 10 heteroatoms. The van der Waals surface area contributed by atoms with Crippen LogP contribution in [0.25, 0.3) is 0 Å². The molecule has 2 rings (SSSR count). The Morgan fingerprint density at radius 1 is 1.48 bits per heavy atom. The van der Waals surface area contributed by atoms with Gasteiger partial charge >= 0.3 is 5.97 Å². The van der Waals surface area contributed by atoms with Crippen molar-refractivity contribution in [2.75, 3.05) is 24.2 Å². The number of anilines is 1. The smallest absolute Gasteiger partial charge is 0.308 e. The Labute approximate surface area is 147 Å². The van der Waals surface area contributed by atoms with Gasteiger partial charge in [-0.15, -0.1) is 0 Å². The number of amides is 2. The van der Waals surface area contributed by atoms with Crippen LogP contribution in [0.5, 0.6) is 0 Å². The van der Waals surface area contributed by atoms with Crippen LogP contribution in [0.15, 0.2) is 24.3 Å². The van der Waals surface area contributed by atoms with Crippen LogP contribution in [-0.2, 0) is 14.3 Å². The standard InChI is InChI=1S/C15H17N3O6S/c1-10(24-13(19)5-6-17-7-8-25-15(17)21)14(20)16-11-3-2-4-12(9-11)18(22)23/h2-4,9-10H,5-8H2,1H3,(H,16,20). The highest BCUT2D eigenvalue weighted by atomic mass is 32.2. The first-order valence-corrected chi connectivity index (χ1v) is 8.52. The molecule has 9 nitrogen and oxygen atoms in total. The molecule has 0 bridgehead atoms. The predicted octanol–water partition coefficient (Wildman–Crippen LogP) is 2.02. The molecule has 1 fully saturated rings. The third-order valence-corrected chi connectivity index (χ3v) is 4.32. The number of hydrogen-bond acceptors (Lipinski definition) is 7. The Kier molecular flexibility index (Phi) is 6.34. The molecule has 0 radical (unpaired) electrons. The summed E-state index contributed by atoms with van der Waals surface area (Å²) in [4.78, 5) is 46.9. The number of carbonyl (C=O) groups is 3. The number of esters is 1. The number of rotatable bonds is 7. The zero-order valence-electron chi connectivity index (χ0n) is 13.5. The molecule has 1 aliphatic rings. The van der Waals surface area contributed by atoms with Crippen molar-refractivity contribution < 1.29 is 24.0 Å². The number of nitrogens with one attached hydrogen (secondary N) is 1. The summed E-state index contributed by atoms with van der Waals surface area (Å²) >= 11 is 1.20. The number of carbonyl (C=O) groups excluding carboxylic acids is 3. The minimum absolute atomic E-state index is 0.000723. The number of nitrogens with zero attached hydrogens (tertiary/aromatic N) is 2. The molecule has 25 heavy (non-hydrogen) atoms. The number of hydrogen-bond donors (Lipinski definition) is 1. The maximum atomic E-state index is 12.0. The summed E-state index contributed by atoms with van der Waals surface area (Å²) in [6.07, 6.45) is -1.06. The van der Waals surface area contributed by atoms with E-state index in [1.807, 2.05) is 0 Å². The summed E-state index contributed by atoms with van der Waals surface area (Å²) in [5.74, 6) is -0.483. The van der Waals surface area contributed by atoms with Crippen LogP contribution in [0.1, 0.15) is 13.3 Å². The van der Waals surface area contributed by atoms with Gasteiger partial charge < -0.3 is 15.0 Å². The van der Waals surface area contributed by atoms with Crippen molar-refractivity contribution in [3.8, 4) is 0 Å². The van der Waals surface area contributed by atoms with Gasteiger partial charge in [-0.2, -0.15) is 0 Å². The molecule has 0 aromatic heterocycles.